The molecular formula is C14H20O7. The molecule has 7 nitrogen and oxygen atoms in total. The molecule has 0 unspecified atom stereocenters. The van der Waals surface area contributed by atoms with E-state index in [1.54, 1.807) is 6.92 Å². The van der Waals surface area contributed by atoms with Crippen LogP contribution in [0.15, 0.2) is 24.3 Å². The van der Waals surface area contributed by atoms with Gasteiger partial charge in [-0.1, -0.05) is 0 Å². The zero-order chi connectivity index (χ0) is 15.4. The van der Waals surface area contributed by atoms with E-state index in [0.29, 0.717) is 12.4 Å². The first-order chi connectivity index (χ1) is 10.1. The SMILES string of the molecule is CCO[C@H]1O[C@H](CO)[C@@H](O)[C@H](O)[C@H]1Oc1ccc(O)cc1. The molecule has 1 aliphatic rings. The first-order valence-corrected chi connectivity index (χ1v) is 6.76. The molecule has 0 aromatic heterocycles. The van der Waals surface area contributed by atoms with Gasteiger partial charge in [-0.05, 0) is 31.2 Å². The number of benzene rings is 1. The summed E-state index contributed by atoms with van der Waals surface area (Å²) in [5, 5.41) is 38.5. The summed E-state index contributed by atoms with van der Waals surface area (Å²) < 4.78 is 16.4. The van der Waals surface area contributed by atoms with E-state index in [-0.39, 0.29) is 5.75 Å². The topological polar surface area (TPSA) is 109 Å². The van der Waals surface area contributed by atoms with Gasteiger partial charge >= 0.3 is 0 Å². The molecule has 1 aromatic carbocycles. The van der Waals surface area contributed by atoms with Gasteiger partial charge in [0.1, 0.15) is 29.8 Å². The Morgan fingerprint density at radius 3 is 2.38 bits per heavy atom. The second-order valence-electron chi connectivity index (χ2n) is 4.74. The van der Waals surface area contributed by atoms with Crippen LogP contribution in [0.5, 0.6) is 11.5 Å². The fourth-order valence-electron chi connectivity index (χ4n) is 2.16. The highest BCUT2D eigenvalue weighted by Gasteiger charge is 2.46. The van der Waals surface area contributed by atoms with E-state index in [1.165, 1.54) is 24.3 Å². The Morgan fingerprint density at radius 2 is 1.81 bits per heavy atom. The minimum atomic E-state index is -1.28. The van der Waals surface area contributed by atoms with Crippen molar-refractivity contribution in [2.45, 2.75) is 37.6 Å². The van der Waals surface area contributed by atoms with E-state index >= 15 is 0 Å². The third kappa shape index (κ3) is 3.63. The molecule has 0 spiro atoms. The highest BCUT2D eigenvalue weighted by Crippen LogP contribution is 2.27. The van der Waals surface area contributed by atoms with Crippen molar-refractivity contribution in [3.8, 4) is 11.5 Å². The minimum absolute atomic E-state index is 0.0875. The lowest BCUT2D eigenvalue weighted by Crippen LogP contribution is -2.61. The molecule has 7 heteroatoms. The lowest BCUT2D eigenvalue weighted by atomic mass is 9.99. The molecule has 0 radical (unpaired) electrons. The highest BCUT2D eigenvalue weighted by molar-refractivity contribution is 5.30. The summed E-state index contributed by atoms with van der Waals surface area (Å²) >= 11 is 0. The molecule has 1 fully saturated rings. The van der Waals surface area contributed by atoms with Crippen LogP contribution in [-0.4, -0.2) is 64.3 Å². The molecule has 2 rings (SSSR count). The van der Waals surface area contributed by atoms with E-state index < -0.39 is 37.3 Å². The van der Waals surface area contributed by atoms with Crippen molar-refractivity contribution in [1.82, 2.24) is 0 Å². The molecular weight excluding hydrogens is 280 g/mol. The maximum atomic E-state index is 10.2. The molecule has 4 N–H and O–H groups in total. The molecule has 1 heterocycles. The summed E-state index contributed by atoms with van der Waals surface area (Å²) in [6, 6.07) is 5.92. The zero-order valence-corrected chi connectivity index (χ0v) is 11.6. The zero-order valence-electron chi connectivity index (χ0n) is 11.6. The number of rotatable bonds is 5. The molecule has 0 bridgehead atoms. The molecule has 0 aliphatic carbocycles. The average Bonchev–Trinajstić information content (AvgIpc) is 2.48. The third-order valence-corrected chi connectivity index (χ3v) is 3.26. The monoisotopic (exact) mass is 300 g/mol. The van der Waals surface area contributed by atoms with Gasteiger partial charge in [-0.15, -0.1) is 0 Å². The van der Waals surface area contributed by atoms with Crippen LogP contribution in [0, 0.1) is 0 Å². The van der Waals surface area contributed by atoms with Gasteiger partial charge in [0.2, 0.25) is 0 Å². The standard InChI is InChI=1S/C14H20O7/c1-2-19-14-13(12(18)11(17)10(7-15)21-14)20-9-5-3-8(16)4-6-9/h3-6,10-18H,2,7H2,1H3/t10-,11-,12+,13-,14+/m1/s1. The van der Waals surface area contributed by atoms with Crippen molar-refractivity contribution in [3.63, 3.8) is 0 Å². The Morgan fingerprint density at radius 1 is 1.14 bits per heavy atom. The number of aromatic hydroxyl groups is 1. The fraction of sp³-hybridized carbons (Fsp3) is 0.571. The second kappa shape index (κ2) is 7.06. The number of phenols is 1. The predicted molar refractivity (Wildman–Crippen MR) is 71.9 cm³/mol. The summed E-state index contributed by atoms with van der Waals surface area (Å²) in [5.74, 6) is 0.476. The van der Waals surface area contributed by atoms with Crippen LogP contribution in [0.4, 0.5) is 0 Å². The lowest BCUT2D eigenvalue weighted by Gasteiger charge is -2.41. The normalized spacial score (nSPS) is 32.9. The first kappa shape index (κ1) is 16.0. The van der Waals surface area contributed by atoms with Crippen LogP contribution in [0.25, 0.3) is 0 Å². The average molecular weight is 300 g/mol. The van der Waals surface area contributed by atoms with E-state index in [2.05, 4.69) is 0 Å². The van der Waals surface area contributed by atoms with E-state index in [4.69, 9.17) is 19.3 Å². The minimum Gasteiger partial charge on any atom is -0.508 e. The quantitative estimate of drug-likeness (QED) is 0.586. The molecule has 5 atom stereocenters. The van der Waals surface area contributed by atoms with Crippen molar-refractivity contribution in [1.29, 1.82) is 0 Å². The number of aliphatic hydroxyl groups is 3. The summed E-state index contributed by atoms with van der Waals surface area (Å²) in [6.07, 6.45) is -5.36. The number of hydrogen-bond acceptors (Lipinski definition) is 7. The Kier molecular flexibility index (Phi) is 5.38. The van der Waals surface area contributed by atoms with E-state index in [0.717, 1.165) is 0 Å². The number of ether oxygens (including phenoxy) is 3. The molecule has 0 saturated carbocycles. The fourth-order valence-corrected chi connectivity index (χ4v) is 2.16. The van der Waals surface area contributed by atoms with Gasteiger partial charge in [0.05, 0.1) is 6.61 Å². The Hall–Kier alpha value is -1.38. The first-order valence-electron chi connectivity index (χ1n) is 6.76. The third-order valence-electron chi connectivity index (χ3n) is 3.26. The van der Waals surface area contributed by atoms with Crippen molar-refractivity contribution in [2.75, 3.05) is 13.2 Å². The van der Waals surface area contributed by atoms with Crippen LogP contribution in [0.3, 0.4) is 0 Å². The van der Waals surface area contributed by atoms with Crippen molar-refractivity contribution in [2.24, 2.45) is 0 Å². The maximum Gasteiger partial charge on any atom is 0.197 e. The van der Waals surface area contributed by atoms with Crippen LogP contribution < -0.4 is 4.74 Å². The van der Waals surface area contributed by atoms with Gasteiger partial charge in [-0.3, -0.25) is 0 Å². The van der Waals surface area contributed by atoms with Gasteiger partial charge in [-0.2, -0.15) is 0 Å². The van der Waals surface area contributed by atoms with Crippen molar-refractivity contribution in [3.05, 3.63) is 24.3 Å². The van der Waals surface area contributed by atoms with Gasteiger partial charge in [0.15, 0.2) is 12.4 Å². The summed E-state index contributed by atoms with van der Waals surface area (Å²) in [4.78, 5) is 0. The van der Waals surface area contributed by atoms with Crippen LogP contribution in [-0.2, 0) is 9.47 Å². The second-order valence-corrected chi connectivity index (χ2v) is 4.74. The summed E-state index contributed by atoms with van der Waals surface area (Å²) in [7, 11) is 0. The van der Waals surface area contributed by atoms with Gasteiger partial charge in [-0.25, -0.2) is 0 Å². The van der Waals surface area contributed by atoms with E-state index in [9.17, 15) is 15.3 Å². The Balaban J connectivity index is 2.14. The summed E-state index contributed by atoms with van der Waals surface area (Å²) in [6.45, 7) is 1.64. The molecule has 1 saturated heterocycles. The van der Waals surface area contributed by atoms with Crippen molar-refractivity contribution < 1.29 is 34.6 Å². The lowest BCUT2D eigenvalue weighted by molar-refractivity contribution is -0.294. The largest absolute Gasteiger partial charge is 0.508 e. The summed E-state index contributed by atoms with van der Waals surface area (Å²) in [5.41, 5.74) is 0. The van der Waals surface area contributed by atoms with Crippen LogP contribution >= 0.6 is 0 Å². The van der Waals surface area contributed by atoms with Crippen LogP contribution in [0.1, 0.15) is 6.92 Å². The van der Waals surface area contributed by atoms with Gasteiger partial charge in [0.25, 0.3) is 0 Å². The molecule has 21 heavy (non-hydrogen) atoms. The smallest absolute Gasteiger partial charge is 0.197 e. The molecule has 1 aromatic rings. The molecule has 118 valence electrons. The van der Waals surface area contributed by atoms with Gasteiger partial charge < -0.3 is 34.6 Å². The number of phenolic OH excluding ortho intramolecular Hbond substituents is 1. The Bertz CT molecular complexity index is 435. The van der Waals surface area contributed by atoms with Crippen molar-refractivity contribution >= 4 is 0 Å². The van der Waals surface area contributed by atoms with Gasteiger partial charge in [0, 0.05) is 6.61 Å². The molecule has 0 amide bonds. The Labute approximate surface area is 122 Å². The number of hydrogen-bond donors (Lipinski definition) is 4. The van der Waals surface area contributed by atoms with E-state index in [1.807, 2.05) is 0 Å². The highest BCUT2D eigenvalue weighted by atomic mass is 16.7. The molecule has 1 aliphatic heterocycles. The maximum absolute atomic E-state index is 10.2. The number of aliphatic hydroxyl groups excluding tert-OH is 3. The predicted octanol–water partition coefficient (Wildman–Crippen LogP) is -0.385. The van der Waals surface area contributed by atoms with Crippen LogP contribution in [0.2, 0.25) is 0 Å².